The zero-order valence-corrected chi connectivity index (χ0v) is 14.0. The first-order valence-electron chi connectivity index (χ1n) is 8.73. The molecule has 3 nitrogen and oxygen atoms in total. The van der Waals surface area contributed by atoms with Gasteiger partial charge in [0, 0.05) is 11.5 Å². The van der Waals surface area contributed by atoms with E-state index in [1.807, 2.05) is 12.7 Å². The molecule has 2 aromatic carbocycles. The molecule has 0 bridgehead atoms. The maximum Gasteiger partial charge on any atom is 0.119 e. The van der Waals surface area contributed by atoms with Gasteiger partial charge in [-0.25, -0.2) is 0 Å². The lowest BCUT2D eigenvalue weighted by atomic mass is 9.66. The quantitative estimate of drug-likeness (QED) is 0.702. The van der Waals surface area contributed by atoms with Crippen LogP contribution >= 0.6 is 0 Å². The minimum atomic E-state index is 0.0330. The Morgan fingerprint density at radius 1 is 0.833 bits per heavy atom. The molecule has 24 heavy (non-hydrogen) atoms. The van der Waals surface area contributed by atoms with E-state index in [-0.39, 0.29) is 5.41 Å². The molecule has 1 fully saturated rings. The van der Waals surface area contributed by atoms with Crippen molar-refractivity contribution in [1.82, 2.24) is 14.8 Å². The summed E-state index contributed by atoms with van der Waals surface area (Å²) >= 11 is 0. The molecule has 2 atom stereocenters. The normalized spacial score (nSPS) is 21.0. The molecule has 4 rings (SSSR count). The average molecular weight is 317 g/mol. The molecule has 1 aliphatic carbocycles. The van der Waals surface area contributed by atoms with Gasteiger partial charge in [0.05, 0.1) is 0 Å². The lowest BCUT2D eigenvalue weighted by molar-refractivity contribution is 0.339. The number of hydrogen-bond donors (Lipinski definition) is 0. The third-order valence-electron chi connectivity index (χ3n) is 5.83. The van der Waals surface area contributed by atoms with Gasteiger partial charge in [-0.15, -0.1) is 10.2 Å². The standard InChI is InChI=1S/C21H23N3/c1-21(17-8-4-2-5-9-17,18-10-6-3-7-11-18)19-12-13-20(14-19)24-15-22-23-16-24/h2-11,15-16,19-20H,12-14H2,1H3/t19?,20-/m0/s1. The topological polar surface area (TPSA) is 30.7 Å². The monoisotopic (exact) mass is 317 g/mol. The van der Waals surface area contributed by atoms with E-state index in [9.17, 15) is 0 Å². The Labute approximate surface area is 143 Å². The van der Waals surface area contributed by atoms with Gasteiger partial charge in [-0.3, -0.25) is 0 Å². The van der Waals surface area contributed by atoms with E-state index in [1.165, 1.54) is 30.4 Å². The lowest BCUT2D eigenvalue weighted by Gasteiger charge is -2.37. The summed E-state index contributed by atoms with van der Waals surface area (Å²) in [5, 5.41) is 7.97. The van der Waals surface area contributed by atoms with Gasteiger partial charge >= 0.3 is 0 Å². The van der Waals surface area contributed by atoms with Crippen LogP contribution in [0.5, 0.6) is 0 Å². The van der Waals surface area contributed by atoms with E-state index in [2.05, 4.69) is 82.4 Å². The van der Waals surface area contributed by atoms with Gasteiger partial charge in [0.15, 0.2) is 0 Å². The number of nitrogens with zero attached hydrogens (tertiary/aromatic N) is 3. The molecule has 0 aliphatic heterocycles. The minimum absolute atomic E-state index is 0.0330. The van der Waals surface area contributed by atoms with E-state index in [1.54, 1.807) is 0 Å². The molecule has 0 spiro atoms. The molecule has 0 amide bonds. The van der Waals surface area contributed by atoms with Crippen molar-refractivity contribution in [3.63, 3.8) is 0 Å². The Balaban J connectivity index is 1.72. The van der Waals surface area contributed by atoms with Crippen LogP contribution in [0, 0.1) is 5.92 Å². The first-order valence-corrected chi connectivity index (χ1v) is 8.73. The third kappa shape index (κ3) is 2.54. The van der Waals surface area contributed by atoms with Crippen LogP contribution < -0.4 is 0 Å². The van der Waals surface area contributed by atoms with Gasteiger partial charge < -0.3 is 4.57 Å². The second kappa shape index (κ2) is 6.23. The summed E-state index contributed by atoms with van der Waals surface area (Å²) < 4.78 is 2.18. The third-order valence-corrected chi connectivity index (χ3v) is 5.83. The van der Waals surface area contributed by atoms with Crippen molar-refractivity contribution in [2.45, 2.75) is 37.6 Å². The second-order valence-electron chi connectivity index (χ2n) is 7.01. The summed E-state index contributed by atoms with van der Waals surface area (Å²) in [7, 11) is 0. The molecule has 1 aliphatic rings. The Kier molecular flexibility index (Phi) is 3.93. The summed E-state index contributed by atoms with van der Waals surface area (Å²) in [5.41, 5.74) is 2.85. The largest absolute Gasteiger partial charge is 0.317 e. The number of aromatic nitrogens is 3. The van der Waals surface area contributed by atoms with Crippen LogP contribution in [0.25, 0.3) is 0 Å². The smallest absolute Gasteiger partial charge is 0.119 e. The first kappa shape index (κ1) is 15.1. The summed E-state index contributed by atoms with van der Waals surface area (Å²) in [6.07, 6.45) is 7.30. The Bertz CT molecular complexity index is 726. The van der Waals surface area contributed by atoms with Crippen LogP contribution in [-0.2, 0) is 5.41 Å². The lowest BCUT2D eigenvalue weighted by Crippen LogP contribution is -2.32. The number of hydrogen-bond acceptors (Lipinski definition) is 2. The van der Waals surface area contributed by atoms with Gasteiger partial charge in [0.25, 0.3) is 0 Å². The van der Waals surface area contributed by atoms with Crippen molar-refractivity contribution in [1.29, 1.82) is 0 Å². The fraction of sp³-hybridized carbons (Fsp3) is 0.333. The molecular weight excluding hydrogens is 294 g/mol. The Morgan fingerprint density at radius 2 is 1.38 bits per heavy atom. The van der Waals surface area contributed by atoms with Crippen LogP contribution in [0.15, 0.2) is 73.3 Å². The van der Waals surface area contributed by atoms with Gasteiger partial charge in [-0.1, -0.05) is 67.6 Å². The van der Waals surface area contributed by atoms with Crippen molar-refractivity contribution >= 4 is 0 Å². The van der Waals surface area contributed by atoms with Crippen LogP contribution in [0.2, 0.25) is 0 Å². The molecular formula is C21H23N3. The van der Waals surface area contributed by atoms with Crippen molar-refractivity contribution in [2.24, 2.45) is 5.92 Å². The average Bonchev–Trinajstić information content (AvgIpc) is 3.34. The van der Waals surface area contributed by atoms with Gasteiger partial charge in [-0.2, -0.15) is 0 Å². The molecule has 1 saturated carbocycles. The maximum absolute atomic E-state index is 3.98. The molecule has 1 aromatic heterocycles. The second-order valence-corrected chi connectivity index (χ2v) is 7.01. The molecule has 1 unspecified atom stereocenters. The van der Waals surface area contributed by atoms with E-state index in [4.69, 9.17) is 0 Å². The van der Waals surface area contributed by atoms with Gasteiger partial charge in [0.2, 0.25) is 0 Å². The molecule has 3 aromatic rings. The predicted octanol–water partition coefficient (Wildman–Crippen LogP) is 4.63. The summed E-state index contributed by atoms with van der Waals surface area (Å²) in [6.45, 7) is 2.41. The van der Waals surface area contributed by atoms with Crippen LogP contribution in [0.3, 0.4) is 0 Å². The maximum atomic E-state index is 3.98. The zero-order chi connectivity index (χ0) is 16.4. The summed E-state index contributed by atoms with van der Waals surface area (Å²) in [6, 6.07) is 22.4. The molecule has 0 saturated heterocycles. The Hall–Kier alpha value is -2.42. The van der Waals surface area contributed by atoms with Crippen molar-refractivity contribution < 1.29 is 0 Å². The number of rotatable bonds is 4. The summed E-state index contributed by atoms with van der Waals surface area (Å²) in [4.78, 5) is 0. The minimum Gasteiger partial charge on any atom is -0.317 e. The molecule has 1 heterocycles. The highest BCUT2D eigenvalue weighted by Gasteiger charge is 2.42. The fourth-order valence-corrected chi connectivity index (χ4v) is 4.36. The fourth-order valence-electron chi connectivity index (χ4n) is 4.36. The summed E-state index contributed by atoms with van der Waals surface area (Å²) in [5.74, 6) is 0.606. The highest BCUT2D eigenvalue weighted by molar-refractivity contribution is 5.39. The highest BCUT2D eigenvalue weighted by atomic mass is 15.2. The van der Waals surface area contributed by atoms with Crippen molar-refractivity contribution in [3.05, 3.63) is 84.4 Å². The van der Waals surface area contributed by atoms with Crippen LogP contribution in [-0.4, -0.2) is 14.8 Å². The number of benzene rings is 2. The van der Waals surface area contributed by atoms with Gasteiger partial charge in [-0.05, 0) is 36.3 Å². The van der Waals surface area contributed by atoms with E-state index in [0.29, 0.717) is 12.0 Å². The van der Waals surface area contributed by atoms with Crippen molar-refractivity contribution in [3.8, 4) is 0 Å². The van der Waals surface area contributed by atoms with E-state index in [0.717, 1.165) is 0 Å². The molecule has 0 N–H and O–H groups in total. The van der Waals surface area contributed by atoms with Crippen LogP contribution in [0.1, 0.15) is 43.4 Å². The zero-order valence-electron chi connectivity index (χ0n) is 14.0. The molecule has 0 radical (unpaired) electrons. The molecule has 3 heteroatoms. The van der Waals surface area contributed by atoms with Crippen molar-refractivity contribution in [2.75, 3.05) is 0 Å². The van der Waals surface area contributed by atoms with E-state index >= 15 is 0 Å². The molecule has 122 valence electrons. The highest BCUT2D eigenvalue weighted by Crippen LogP contribution is 2.49. The first-order chi connectivity index (χ1) is 11.8. The van der Waals surface area contributed by atoms with Crippen LogP contribution in [0.4, 0.5) is 0 Å². The van der Waals surface area contributed by atoms with Gasteiger partial charge in [0.1, 0.15) is 12.7 Å². The Morgan fingerprint density at radius 3 is 1.92 bits per heavy atom. The SMILES string of the molecule is CC(c1ccccc1)(c1ccccc1)C1CC[C@H](n2cnnc2)C1. The van der Waals surface area contributed by atoms with E-state index < -0.39 is 0 Å². The predicted molar refractivity (Wildman–Crippen MR) is 95.7 cm³/mol.